The minimum atomic E-state index is -0.350. The van der Waals surface area contributed by atoms with Gasteiger partial charge in [-0.1, -0.05) is 12.1 Å². The quantitative estimate of drug-likeness (QED) is 0.885. The van der Waals surface area contributed by atoms with Crippen LogP contribution in [0.5, 0.6) is 5.75 Å². The number of methoxy groups -OCH3 is 1. The number of aromatic amines is 1. The number of rotatable bonds is 4. The highest BCUT2D eigenvalue weighted by Crippen LogP contribution is 2.43. The van der Waals surface area contributed by atoms with E-state index in [1.807, 2.05) is 30.5 Å². The Morgan fingerprint density at radius 2 is 2.21 bits per heavy atom. The van der Waals surface area contributed by atoms with Gasteiger partial charge in [0.1, 0.15) is 11.6 Å². The summed E-state index contributed by atoms with van der Waals surface area (Å²) in [6.45, 7) is 2.05. The number of imidazole rings is 1. The summed E-state index contributed by atoms with van der Waals surface area (Å²) in [5.41, 5.74) is 8.06. The molecular formula is C15H19N3O. The van der Waals surface area contributed by atoms with Crippen LogP contribution in [0.3, 0.4) is 0 Å². The fraction of sp³-hybridized carbons (Fsp3) is 0.400. The van der Waals surface area contributed by atoms with Crippen LogP contribution in [-0.4, -0.2) is 17.1 Å². The van der Waals surface area contributed by atoms with Gasteiger partial charge in [-0.25, -0.2) is 4.98 Å². The summed E-state index contributed by atoms with van der Waals surface area (Å²) < 4.78 is 5.24. The number of ether oxygens (including phenoxy) is 1. The van der Waals surface area contributed by atoms with Crippen LogP contribution in [0, 0.1) is 5.92 Å². The van der Waals surface area contributed by atoms with Gasteiger partial charge >= 0.3 is 0 Å². The second-order valence-corrected chi connectivity index (χ2v) is 5.43. The van der Waals surface area contributed by atoms with Gasteiger partial charge in [0.05, 0.1) is 24.5 Å². The van der Waals surface area contributed by atoms with Crippen molar-refractivity contribution in [3.05, 3.63) is 36.3 Å². The summed E-state index contributed by atoms with van der Waals surface area (Å²) in [7, 11) is 1.67. The monoisotopic (exact) mass is 257 g/mol. The van der Waals surface area contributed by atoms with Gasteiger partial charge in [0.25, 0.3) is 0 Å². The smallest absolute Gasteiger partial charge is 0.126 e. The Bertz CT molecular complexity index is 585. The van der Waals surface area contributed by atoms with Crippen molar-refractivity contribution in [2.24, 2.45) is 11.7 Å². The Balaban J connectivity index is 1.92. The lowest BCUT2D eigenvalue weighted by molar-refractivity contribution is 0.404. The number of H-pyrrole nitrogens is 1. The molecule has 1 aliphatic rings. The van der Waals surface area contributed by atoms with Gasteiger partial charge in [-0.15, -0.1) is 0 Å². The summed E-state index contributed by atoms with van der Waals surface area (Å²) in [6.07, 6.45) is 4.24. The summed E-state index contributed by atoms with van der Waals surface area (Å²) >= 11 is 0. The van der Waals surface area contributed by atoms with Crippen LogP contribution < -0.4 is 10.5 Å². The van der Waals surface area contributed by atoms with E-state index >= 15 is 0 Å². The number of nitrogens with zero attached hydrogens (tertiary/aromatic N) is 1. The normalized spacial score (nSPS) is 18.1. The molecule has 3 N–H and O–H groups in total. The van der Waals surface area contributed by atoms with Crippen molar-refractivity contribution in [2.45, 2.75) is 25.3 Å². The average Bonchev–Trinajstić information content (AvgIpc) is 3.17. The summed E-state index contributed by atoms with van der Waals surface area (Å²) in [4.78, 5) is 7.81. The van der Waals surface area contributed by atoms with Crippen molar-refractivity contribution >= 4 is 0 Å². The lowest BCUT2D eigenvalue weighted by atomic mass is 9.97. The maximum absolute atomic E-state index is 6.37. The molecule has 1 fully saturated rings. The highest BCUT2D eigenvalue weighted by Gasteiger charge is 2.41. The van der Waals surface area contributed by atoms with E-state index in [9.17, 15) is 0 Å². The predicted octanol–water partition coefficient (Wildman–Crippen LogP) is 2.67. The molecule has 0 bridgehead atoms. The lowest BCUT2D eigenvalue weighted by Crippen LogP contribution is -2.36. The Labute approximate surface area is 113 Å². The second kappa shape index (κ2) is 4.38. The minimum Gasteiger partial charge on any atom is -0.497 e. The van der Waals surface area contributed by atoms with Crippen LogP contribution in [0.15, 0.2) is 30.5 Å². The zero-order chi connectivity index (χ0) is 13.5. The van der Waals surface area contributed by atoms with Crippen LogP contribution in [0.25, 0.3) is 11.3 Å². The third-order valence-electron chi connectivity index (χ3n) is 3.89. The minimum absolute atomic E-state index is 0.350. The SMILES string of the molecule is COc1cccc(-c2cnc(C(C)(N)C3CC3)[nH]2)c1. The Kier molecular flexibility index (Phi) is 2.82. The molecule has 1 aliphatic carbocycles. The average molecular weight is 257 g/mol. The number of hydrogen-bond acceptors (Lipinski definition) is 3. The van der Waals surface area contributed by atoms with E-state index in [1.54, 1.807) is 7.11 Å². The molecule has 1 aromatic heterocycles. The van der Waals surface area contributed by atoms with Crippen molar-refractivity contribution in [2.75, 3.05) is 7.11 Å². The van der Waals surface area contributed by atoms with Crippen LogP contribution in [-0.2, 0) is 5.54 Å². The fourth-order valence-electron chi connectivity index (χ4n) is 2.41. The maximum Gasteiger partial charge on any atom is 0.126 e. The molecule has 0 spiro atoms. The van der Waals surface area contributed by atoms with Gasteiger partial charge in [-0.3, -0.25) is 0 Å². The maximum atomic E-state index is 6.37. The molecule has 0 amide bonds. The molecule has 3 rings (SSSR count). The van der Waals surface area contributed by atoms with E-state index < -0.39 is 0 Å². The highest BCUT2D eigenvalue weighted by molar-refractivity contribution is 5.60. The highest BCUT2D eigenvalue weighted by atomic mass is 16.5. The van der Waals surface area contributed by atoms with Crippen LogP contribution >= 0.6 is 0 Å². The summed E-state index contributed by atoms with van der Waals surface area (Å²) in [5.74, 6) is 2.26. The Hall–Kier alpha value is -1.81. The number of nitrogens with two attached hydrogens (primary N) is 1. The molecule has 1 aromatic carbocycles. The standard InChI is InChI=1S/C15H19N3O/c1-15(16,11-6-7-11)14-17-9-13(18-14)10-4-3-5-12(8-10)19-2/h3-5,8-9,11H,6-7,16H2,1-2H3,(H,17,18). The second-order valence-electron chi connectivity index (χ2n) is 5.43. The van der Waals surface area contributed by atoms with Crippen molar-refractivity contribution in [3.8, 4) is 17.0 Å². The topological polar surface area (TPSA) is 63.9 Å². The van der Waals surface area contributed by atoms with Gasteiger partial charge in [0.15, 0.2) is 0 Å². The van der Waals surface area contributed by atoms with Gasteiger partial charge in [-0.05, 0) is 37.8 Å². The molecular weight excluding hydrogens is 238 g/mol. The number of benzene rings is 1. The first-order chi connectivity index (χ1) is 9.11. The molecule has 100 valence electrons. The molecule has 1 saturated carbocycles. The van der Waals surface area contributed by atoms with Crippen LogP contribution in [0.1, 0.15) is 25.6 Å². The third-order valence-corrected chi connectivity index (χ3v) is 3.89. The molecule has 1 unspecified atom stereocenters. The molecule has 0 aliphatic heterocycles. The Morgan fingerprint density at radius 1 is 1.42 bits per heavy atom. The van der Waals surface area contributed by atoms with Gasteiger partial charge in [-0.2, -0.15) is 0 Å². The van der Waals surface area contributed by atoms with E-state index in [-0.39, 0.29) is 5.54 Å². The zero-order valence-corrected chi connectivity index (χ0v) is 11.3. The number of nitrogens with one attached hydrogen (secondary N) is 1. The first-order valence-corrected chi connectivity index (χ1v) is 6.60. The van der Waals surface area contributed by atoms with E-state index in [2.05, 4.69) is 16.9 Å². The van der Waals surface area contributed by atoms with Gasteiger partial charge in [0.2, 0.25) is 0 Å². The van der Waals surface area contributed by atoms with Crippen molar-refractivity contribution in [1.82, 2.24) is 9.97 Å². The molecule has 4 heteroatoms. The summed E-state index contributed by atoms with van der Waals surface area (Å²) in [6, 6.07) is 7.92. The predicted molar refractivity (Wildman–Crippen MR) is 74.8 cm³/mol. The van der Waals surface area contributed by atoms with Gasteiger partial charge < -0.3 is 15.5 Å². The molecule has 19 heavy (non-hydrogen) atoms. The Morgan fingerprint density at radius 3 is 2.89 bits per heavy atom. The lowest BCUT2D eigenvalue weighted by Gasteiger charge is -2.21. The number of hydrogen-bond donors (Lipinski definition) is 2. The third kappa shape index (κ3) is 2.24. The molecule has 0 saturated heterocycles. The number of aromatic nitrogens is 2. The van der Waals surface area contributed by atoms with Gasteiger partial charge in [0, 0.05) is 5.56 Å². The van der Waals surface area contributed by atoms with Crippen LogP contribution in [0.4, 0.5) is 0 Å². The molecule has 4 nitrogen and oxygen atoms in total. The van der Waals surface area contributed by atoms with Crippen LogP contribution in [0.2, 0.25) is 0 Å². The van der Waals surface area contributed by atoms with Crippen molar-refractivity contribution in [1.29, 1.82) is 0 Å². The zero-order valence-electron chi connectivity index (χ0n) is 11.3. The van der Waals surface area contributed by atoms with E-state index in [0.717, 1.165) is 22.8 Å². The molecule has 1 heterocycles. The van der Waals surface area contributed by atoms with Crippen molar-refractivity contribution in [3.63, 3.8) is 0 Å². The largest absolute Gasteiger partial charge is 0.497 e. The van der Waals surface area contributed by atoms with Crippen molar-refractivity contribution < 1.29 is 4.74 Å². The summed E-state index contributed by atoms with van der Waals surface area (Å²) in [5, 5.41) is 0. The first-order valence-electron chi connectivity index (χ1n) is 6.60. The molecule has 2 aromatic rings. The van der Waals surface area contributed by atoms with E-state index in [1.165, 1.54) is 12.8 Å². The molecule has 0 radical (unpaired) electrons. The van der Waals surface area contributed by atoms with E-state index in [4.69, 9.17) is 10.5 Å². The van der Waals surface area contributed by atoms with E-state index in [0.29, 0.717) is 5.92 Å². The first kappa shape index (κ1) is 12.2. The fourth-order valence-corrected chi connectivity index (χ4v) is 2.41. The molecule has 1 atom stereocenters.